The molecule has 0 spiro atoms. The minimum Gasteiger partial charge on any atom is -0.464 e. The maximum Gasteiger partial charge on any atom is 0.241 e. The number of amides is 2. The second kappa shape index (κ2) is 3.82. The van der Waals surface area contributed by atoms with Crippen molar-refractivity contribution < 1.29 is 14.0 Å². The van der Waals surface area contributed by atoms with Gasteiger partial charge in [0.05, 0.1) is 6.04 Å². The predicted octanol–water partition coefficient (Wildman–Crippen LogP) is 2.59. The molecule has 2 aromatic rings. The van der Waals surface area contributed by atoms with Gasteiger partial charge in [0, 0.05) is 0 Å². The largest absolute Gasteiger partial charge is 0.464 e. The van der Waals surface area contributed by atoms with Crippen LogP contribution in [0.2, 0.25) is 0 Å². The SMILES string of the molecule is C[C@H](c1ccccc1)N1C(=O)C2c3ccc(o3)C2C1=O. The molecule has 2 bridgehead atoms. The lowest BCUT2D eigenvalue weighted by Crippen LogP contribution is -2.33. The standard InChI is InChI=1S/C16H13NO3/c1-9(10-5-3-2-4-6-10)17-15(18)13-11-7-8-12(20-11)14(13)16(17)19/h2-9,13-14H,1H3/t9-,13?,14?/m1/s1. The first-order valence-electron chi connectivity index (χ1n) is 6.70. The van der Waals surface area contributed by atoms with Crippen LogP contribution >= 0.6 is 0 Å². The number of likely N-dealkylation sites (tertiary alicyclic amines) is 1. The molecule has 3 atom stereocenters. The highest BCUT2D eigenvalue weighted by Gasteiger charge is 2.56. The van der Waals surface area contributed by atoms with Crippen LogP contribution in [0.1, 0.15) is 41.9 Å². The van der Waals surface area contributed by atoms with E-state index in [4.69, 9.17) is 4.42 Å². The summed E-state index contributed by atoms with van der Waals surface area (Å²) in [5, 5.41) is 0. The van der Waals surface area contributed by atoms with E-state index in [2.05, 4.69) is 0 Å². The number of benzene rings is 1. The summed E-state index contributed by atoms with van der Waals surface area (Å²) in [6, 6.07) is 12.9. The van der Waals surface area contributed by atoms with Gasteiger partial charge in [-0.15, -0.1) is 0 Å². The average Bonchev–Trinajstić information content (AvgIpc) is 3.14. The van der Waals surface area contributed by atoms with E-state index in [1.165, 1.54) is 4.90 Å². The Hall–Kier alpha value is -2.36. The summed E-state index contributed by atoms with van der Waals surface area (Å²) >= 11 is 0. The molecule has 3 heterocycles. The van der Waals surface area contributed by atoms with Gasteiger partial charge in [-0.3, -0.25) is 14.5 Å². The van der Waals surface area contributed by atoms with Crippen LogP contribution in [0.25, 0.3) is 0 Å². The van der Waals surface area contributed by atoms with Gasteiger partial charge in [-0.2, -0.15) is 0 Å². The van der Waals surface area contributed by atoms with Crippen molar-refractivity contribution in [3.05, 3.63) is 59.5 Å². The van der Waals surface area contributed by atoms with E-state index in [1.807, 2.05) is 37.3 Å². The van der Waals surface area contributed by atoms with E-state index in [-0.39, 0.29) is 17.9 Å². The van der Waals surface area contributed by atoms with Crippen LogP contribution in [-0.4, -0.2) is 16.7 Å². The Balaban J connectivity index is 1.72. The molecule has 2 aliphatic heterocycles. The van der Waals surface area contributed by atoms with E-state index in [9.17, 15) is 9.59 Å². The summed E-state index contributed by atoms with van der Waals surface area (Å²) in [5.41, 5.74) is 0.963. The molecule has 100 valence electrons. The fourth-order valence-electron chi connectivity index (χ4n) is 3.23. The van der Waals surface area contributed by atoms with Gasteiger partial charge in [-0.1, -0.05) is 30.3 Å². The molecular formula is C16H13NO3. The third-order valence-electron chi connectivity index (χ3n) is 4.27. The third-order valence-corrected chi connectivity index (χ3v) is 4.27. The van der Waals surface area contributed by atoms with Gasteiger partial charge in [-0.25, -0.2) is 0 Å². The van der Waals surface area contributed by atoms with E-state index < -0.39 is 11.8 Å². The normalized spacial score (nSPS) is 25.1. The van der Waals surface area contributed by atoms with Crippen molar-refractivity contribution in [3.8, 4) is 0 Å². The lowest BCUT2D eigenvalue weighted by atomic mass is 9.90. The number of rotatable bonds is 2. The number of hydrogen-bond donors (Lipinski definition) is 0. The van der Waals surface area contributed by atoms with Crippen molar-refractivity contribution in [2.24, 2.45) is 0 Å². The Kier molecular flexibility index (Phi) is 2.19. The highest BCUT2D eigenvalue weighted by Crippen LogP contribution is 2.50. The lowest BCUT2D eigenvalue weighted by molar-refractivity contribution is -0.141. The van der Waals surface area contributed by atoms with Crippen LogP contribution in [0.4, 0.5) is 0 Å². The Labute approximate surface area is 116 Å². The van der Waals surface area contributed by atoms with E-state index in [1.54, 1.807) is 12.1 Å². The number of furan rings is 1. The Morgan fingerprint density at radius 2 is 1.50 bits per heavy atom. The van der Waals surface area contributed by atoms with Crippen LogP contribution < -0.4 is 0 Å². The van der Waals surface area contributed by atoms with Crippen LogP contribution in [0.5, 0.6) is 0 Å². The first-order valence-corrected chi connectivity index (χ1v) is 6.70. The number of nitrogens with zero attached hydrogens (tertiary/aromatic N) is 1. The summed E-state index contributed by atoms with van der Waals surface area (Å²) in [6.07, 6.45) is 0. The summed E-state index contributed by atoms with van der Waals surface area (Å²) < 4.78 is 5.47. The molecule has 4 nitrogen and oxygen atoms in total. The fourth-order valence-corrected chi connectivity index (χ4v) is 3.23. The fraction of sp³-hybridized carbons (Fsp3) is 0.250. The molecule has 4 heteroatoms. The van der Waals surface area contributed by atoms with Crippen molar-refractivity contribution in [2.45, 2.75) is 24.8 Å². The van der Waals surface area contributed by atoms with Crippen molar-refractivity contribution in [1.82, 2.24) is 4.90 Å². The first-order chi connectivity index (χ1) is 9.68. The molecule has 0 N–H and O–H groups in total. The highest BCUT2D eigenvalue weighted by molar-refractivity contribution is 6.10. The van der Waals surface area contributed by atoms with Crippen LogP contribution in [0.3, 0.4) is 0 Å². The summed E-state index contributed by atoms with van der Waals surface area (Å²) in [7, 11) is 0. The average molecular weight is 267 g/mol. The van der Waals surface area contributed by atoms with Gasteiger partial charge in [0.2, 0.25) is 11.8 Å². The maximum atomic E-state index is 12.6. The number of carbonyl (C=O) groups is 2. The molecule has 0 radical (unpaired) electrons. The predicted molar refractivity (Wildman–Crippen MR) is 70.9 cm³/mol. The quantitative estimate of drug-likeness (QED) is 0.786. The van der Waals surface area contributed by atoms with Gasteiger partial charge in [-0.05, 0) is 24.6 Å². The molecule has 4 rings (SSSR count). The first kappa shape index (κ1) is 11.5. The molecule has 1 aromatic heterocycles. The van der Waals surface area contributed by atoms with E-state index >= 15 is 0 Å². The highest BCUT2D eigenvalue weighted by atomic mass is 16.4. The molecular weight excluding hydrogens is 254 g/mol. The molecule has 2 amide bonds. The molecule has 0 aliphatic carbocycles. The number of fused-ring (bicyclic) bond motifs is 5. The second-order valence-electron chi connectivity index (χ2n) is 5.33. The second-order valence-corrected chi connectivity index (χ2v) is 5.33. The van der Waals surface area contributed by atoms with Gasteiger partial charge in [0.1, 0.15) is 23.4 Å². The Bertz CT molecular complexity index is 667. The van der Waals surface area contributed by atoms with Crippen molar-refractivity contribution in [1.29, 1.82) is 0 Å². The minimum atomic E-state index is -0.436. The molecule has 1 aromatic carbocycles. The van der Waals surface area contributed by atoms with Gasteiger partial charge < -0.3 is 4.42 Å². The van der Waals surface area contributed by atoms with Crippen LogP contribution in [0.15, 0.2) is 46.9 Å². The smallest absolute Gasteiger partial charge is 0.241 e. The Morgan fingerprint density at radius 1 is 0.950 bits per heavy atom. The third kappa shape index (κ3) is 1.31. The number of carbonyl (C=O) groups excluding carboxylic acids is 2. The topological polar surface area (TPSA) is 50.5 Å². The lowest BCUT2D eigenvalue weighted by Gasteiger charge is -2.23. The number of imide groups is 1. The summed E-state index contributed by atoms with van der Waals surface area (Å²) in [6.45, 7) is 1.89. The van der Waals surface area contributed by atoms with Gasteiger partial charge in [0.15, 0.2) is 0 Å². The summed E-state index contributed by atoms with van der Waals surface area (Å²) in [5.74, 6) is 0.0657. The van der Waals surface area contributed by atoms with Crippen molar-refractivity contribution >= 4 is 11.8 Å². The van der Waals surface area contributed by atoms with Gasteiger partial charge in [0.25, 0.3) is 0 Å². The van der Waals surface area contributed by atoms with E-state index in [0.717, 1.165) is 5.56 Å². The number of hydrogen-bond acceptors (Lipinski definition) is 3. The molecule has 2 unspecified atom stereocenters. The van der Waals surface area contributed by atoms with Crippen molar-refractivity contribution in [3.63, 3.8) is 0 Å². The molecule has 2 aliphatic rings. The van der Waals surface area contributed by atoms with Crippen molar-refractivity contribution in [2.75, 3.05) is 0 Å². The zero-order valence-electron chi connectivity index (χ0n) is 10.9. The molecule has 20 heavy (non-hydrogen) atoms. The maximum absolute atomic E-state index is 12.6. The zero-order valence-corrected chi connectivity index (χ0v) is 10.9. The minimum absolute atomic E-state index is 0.147. The van der Waals surface area contributed by atoms with Crippen LogP contribution in [0, 0.1) is 0 Å². The van der Waals surface area contributed by atoms with Crippen LogP contribution in [-0.2, 0) is 9.59 Å². The summed E-state index contributed by atoms with van der Waals surface area (Å²) in [4.78, 5) is 26.5. The molecule has 0 saturated carbocycles. The monoisotopic (exact) mass is 267 g/mol. The van der Waals surface area contributed by atoms with Gasteiger partial charge >= 0.3 is 0 Å². The molecule has 1 fully saturated rings. The molecule has 1 saturated heterocycles. The Morgan fingerprint density at radius 3 is 2.05 bits per heavy atom. The van der Waals surface area contributed by atoms with E-state index in [0.29, 0.717) is 11.5 Å². The zero-order chi connectivity index (χ0) is 13.9.